The van der Waals surface area contributed by atoms with E-state index in [9.17, 15) is 15.2 Å². The molecule has 7 N–H and O–H groups in total. The Labute approximate surface area is 384 Å². The van der Waals surface area contributed by atoms with E-state index in [2.05, 4.69) is 144 Å². The third-order valence-electron chi connectivity index (χ3n) is 11.6. The number of nitrogens with zero attached hydrogens (tertiary/aromatic N) is 4. The van der Waals surface area contributed by atoms with Crippen molar-refractivity contribution in [2.45, 2.75) is 0 Å². The Hall–Kier alpha value is -9.38. The summed E-state index contributed by atoms with van der Waals surface area (Å²) in [4.78, 5) is 47.1. The number of H-pyrrole nitrogens is 6. The number of anilines is 3. The Morgan fingerprint density at radius 2 is 0.985 bits per heavy atom. The van der Waals surface area contributed by atoms with Crippen LogP contribution in [-0.4, -0.2) is 50.9 Å². The van der Waals surface area contributed by atoms with Crippen molar-refractivity contribution in [2.24, 2.45) is 0 Å². The van der Waals surface area contributed by atoms with Gasteiger partial charge in [0.15, 0.2) is 0 Å². The van der Waals surface area contributed by atoms with Gasteiger partial charge in [0, 0.05) is 59.6 Å². The van der Waals surface area contributed by atoms with E-state index in [0.29, 0.717) is 4.88 Å². The van der Waals surface area contributed by atoms with Gasteiger partial charge < -0.3 is 39.9 Å². The molecule has 67 heavy (non-hydrogen) atoms. The van der Waals surface area contributed by atoms with Gasteiger partial charge in [-0.05, 0) is 163 Å². The second-order valence-electron chi connectivity index (χ2n) is 16.3. The fraction of sp³-hybridized carbons (Fsp3) is 0. The zero-order valence-corrected chi connectivity index (χ0v) is 36.1. The molecule has 0 atom stereocenters. The van der Waals surface area contributed by atoms with Crippen molar-refractivity contribution in [1.29, 1.82) is 5.26 Å². The van der Waals surface area contributed by atoms with Crippen LogP contribution in [-0.2, 0) is 4.79 Å². The molecule has 2 aliphatic heterocycles. The predicted octanol–water partition coefficient (Wildman–Crippen LogP) is 13.4. The molecule has 10 aromatic rings. The van der Waals surface area contributed by atoms with Crippen LogP contribution in [0.25, 0.3) is 109 Å². The molecule has 320 valence electrons. The zero-order chi connectivity index (χ0) is 45.0. The molecule has 16 bridgehead atoms. The van der Waals surface area contributed by atoms with E-state index in [0.717, 1.165) is 116 Å². The minimum atomic E-state index is -1.25. The van der Waals surface area contributed by atoms with E-state index >= 15 is 0 Å². The molecule has 0 amide bonds. The molecule has 0 saturated heterocycles. The quantitative estimate of drug-likeness (QED) is 0.0617. The second kappa shape index (κ2) is 16.0. The van der Waals surface area contributed by atoms with Gasteiger partial charge >= 0.3 is 5.97 Å². The number of aromatic amines is 6. The highest BCUT2D eigenvalue weighted by Gasteiger charge is 2.21. The van der Waals surface area contributed by atoms with Crippen molar-refractivity contribution >= 4 is 143 Å². The predicted molar refractivity (Wildman–Crippen MR) is 273 cm³/mol. The Morgan fingerprint density at radius 3 is 1.46 bits per heavy atom. The standard InChI is InChI=1S/C54H36N10O2S/c55-30-32(54(65)66)21-45-18-17-44(67-45)16-3-31-1-14-43(15-2-31)64(52-28-48-46-19-12-39(60-46)24-37-6-4-33(56-37)22-35-8-10-41(58-35)26-50(52)62-48)53-29-49-47-20-13-40(61-47)25-38-7-5-34(57-38)23-36-9-11-42(59-36)27-51(53)63-49/h1-29,56-59,62-63H,(H,65,66)/b16-3+,32-21+,33-22?,34-23?,35-22?,36-23?,37-24?,38-25?,39-24?,40-25?,41-26?,42-27?,48-46?,49-47?,50-26?,51-27?. The van der Waals surface area contributed by atoms with E-state index < -0.39 is 5.97 Å². The average molecular weight is 889 g/mol. The lowest BCUT2D eigenvalue weighted by Gasteiger charge is -2.24. The van der Waals surface area contributed by atoms with E-state index in [1.54, 1.807) is 6.07 Å². The second-order valence-corrected chi connectivity index (χ2v) is 17.4. The van der Waals surface area contributed by atoms with E-state index in [1.165, 1.54) is 17.4 Å². The lowest BCUT2D eigenvalue weighted by molar-refractivity contribution is -0.132. The summed E-state index contributed by atoms with van der Waals surface area (Å²) < 4.78 is 0. The first-order valence-corrected chi connectivity index (χ1v) is 22.2. The summed E-state index contributed by atoms with van der Waals surface area (Å²) in [6.45, 7) is 0. The van der Waals surface area contributed by atoms with Crippen LogP contribution in [0.5, 0.6) is 0 Å². The molecule has 13 heteroatoms. The highest BCUT2D eigenvalue weighted by atomic mass is 32.1. The molecule has 2 aliphatic rings. The molecular formula is C54H36N10O2S. The average Bonchev–Trinajstić information content (AvgIpc) is 4.16. The number of fused-ring (bicyclic) bond motifs is 18. The van der Waals surface area contributed by atoms with Gasteiger partial charge in [0.1, 0.15) is 11.6 Å². The molecule has 12 nitrogen and oxygen atoms in total. The third kappa shape index (κ3) is 7.86. The lowest BCUT2D eigenvalue weighted by atomic mass is 10.1. The summed E-state index contributed by atoms with van der Waals surface area (Å²) in [5, 5.41) is 18.6. The first kappa shape index (κ1) is 39.2. The van der Waals surface area contributed by atoms with Crippen LogP contribution < -0.4 is 4.90 Å². The Morgan fingerprint density at radius 1 is 0.522 bits per heavy atom. The van der Waals surface area contributed by atoms with Crippen LogP contribution in [0.15, 0.2) is 139 Å². The Bertz CT molecular complexity index is 3860. The number of thiophene rings is 1. The summed E-state index contributed by atoms with van der Waals surface area (Å²) in [6, 6.07) is 47.2. The zero-order valence-electron chi connectivity index (χ0n) is 35.3. The first-order valence-electron chi connectivity index (χ1n) is 21.4. The van der Waals surface area contributed by atoms with Crippen LogP contribution in [0.3, 0.4) is 0 Å². The van der Waals surface area contributed by atoms with Crippen molar-refractivity contribution in [2.75, 3.05) is 4.90 Å². The SMILES string of the molecule is N#C/C(=C\c1ccc(/C=C/c2ccc(N(c3cc4[nH]c3cc3ccc(cc5ccc(cc6nc4C=C6)[nH]5)[nH]3)c3cc4[nH]c3cc3ccc(cc5ccc(cc6nc4C=C6)[nH]5)[nH]3)cc2)s1)C(=O)O. The van der Waals surface area contributed by atoms with Gasteiger partial charge in [0.2, 0.25) is 0 Å². The third-order valence-corrected chi connectivity index (χ3v) is 12.6. The topological polar surface area (TPSA) is 185 Å². The molecule has 1 aromatic carbocycles. The number of carboxylic acid groups (broad SMARTS) is 1. The van der Waals surface area contributed by atoms with Crippen LogP contribution >= 0.6 is 11.3 Å². The summed E-state index contributed by atoms with van der Waals surface area (Å²) in [5.41, 5.74) is 17.7. The first-order chi connectivity index (χ1) is 32.8. The van der Waals surface area contributed by atoms with Crippen LogP contribution in [0.1, 0.15) is 38.1 Å². The van der Waals surface area contributed by atoms with Gasteiger partial charge in [-0.15, -0.1) is 11.3 Å². The smallest absolute Gasteiger partial charge is 0.346 e. The van der Waals surface area contributed by atoms with Crippen LogP contribution in [0.4, 0.5) is 17.1 Å². The van der Waals surface area contributed by atoms with Crippen LogP contribution in [0, 0.1) is 11.3 Å². The maximum atomic E-state index is 11.4. The number of aliphatic carboxylic acids is 1. The number of nitriles is 1. The Kier molecular flexibility index (Phi) is 9.37. The number of hydrogen-bond acceptors (Lipinski definition) is 6. The number of rotatable bonds is 7. The van der Waals surface area contributed by atoms with Gasteiger partial charge in [-0.3, -0.25) is 0 Å². The summed E-state index contributed by atoms with van der Waals surface area (Å²) in [7, 11) is 0. The summed E-state index contributed by atoms with van der Waals surface area (Å²) in [6.07, 6.45) is 13.5. The van der Waals surface area contributed by atoms with Crippen LogP contribution in [0.2, 0.25) is 0 Å². The maximum Gasteiger partial charge on any atom is 0.346 e. The van der Waals surface area contributed by atoms with Crippen molar-refractivity contribution in [3.8, 4) is 6.07 Å². The summed E-state index contributed by atoms with van der Waals surface area (Å²) in [5.74, 6) is -1.25. The molecule has 0 unspecified atom stereocenters. The van der Waals surface area contributed by atoms with E-state index in [4.69, 9.17) is 9.97 Å². The lowest BCUT2D eigenvalue weighted by Crippen LogP contribution is -2.09. The number of hydrogen-bond donors (Lipinski definition) is 7. The molecule has 9 aromatic heterocycles. The maximum absolute atomic E-state index is 11.4. The van der Waals surface area contributed by atoms with Gasteiger partial charge in [-0.2, -0.15) is 5.26 Å². The molecule has 0 saturated carbocycles. The highest BCUT2D eigenvalue weighted by molar-refractivity contribution is 7.13. The minimum Gasteiger partial charge on any atom is -0.477 e. The molecule has 12 rings (SSSR count). The largest absolute Gasteiger partial charge is 0.477 e. The fourth-order valence-corrected chi connectivity index (χ4v) is 9.36. The van der Waals surface area contributed by atoms with E-state index in [1.807, 2.05) is 60.7 Å². The Balaban J connectivity index is 1.07. The number of benzene rings is 1. The fourth-order valence-electron chi connectivity index (χ4n) is 8.50. The van der Waals surface area contributed by atoms with Crippen molar-refractivity contribution in [3.63, 3.8) is 0 Å². The van der Waals surface area contributed by atoms with Gasteiger partial charge in [-0.25, -0.2) is 14.8 Å². The van der Waals surface area contributed by atoms with Crippen molar-refractivity contribution in [1.82, 2.24) is 39.9 Å². The number of aromatic nitrogens is 8. The number of carbonyl (C=O) groups is 1. The summed E-state index contributed by atoms with van der Waals surface area (Å²) >= 11 is 1.41. The molecule has 0 spiro atoms. The molecular weight excluding hydrogens is 853 g/mol. The van der Waals surface area contributed by atoms with E-state index in [-0.39, 0.29) is 5.57 Å². The molecule has 0 fully saturated rings. The molecule has 0 aliphatic carbocycles. The monoisotopic (exact) mass is 888 g/mol. The number of nitrogens with one attached hydrogen (secondary N) is 6. The van der Waals surface area contributed by atoms with Crippen molar-refractivity contribution in [3.05, 3.63) is 177 Å². The van der Waals surface area contributed by atoms with Gasteiger partial charge in [0.25, 0.3) is 0 Å². The molecule has 11 heterocycles. The molecule has 0 radical (unpaired) electrons. The van der Waals surface area contributed by atoms with Gasteiger partial charge in [-0.1, -0.05) is 18.2 Å². The number of carboxylic acids is 1. The highest BCUT2D eigenvalue weighted by Crippen LogP contribution is 2.42. The van der Waals surface area contributed by atoms with Gasteiger partial charge in [0.05, 0.1) is 56.2 Å². The minimum absolute atomic E-state index is 0.306. The normalized spacial score (nSPS) is 12.5. The van der Waals surface area contributed by atoms with Crippen molar-refractivity contribution < 1.29 is 9.90 Å².